The summed E-state index contributed by atoms with van der Waals surface area (Å²) < 4.78 is 5.07. The zero-order chi connectivity index (χ0) is 24.5. The van der Waals surface area contributed by atoms with Gasteiger partial charge in [0.05, 0.1) is 12.8 Å². The average molecular weight is 456 g/mol. The number of Topliss-reactive ketones (excluding diaryl/α,β-unsaturated/α-hetero) is 1. The molecule has 2 aromatic rings. The van der Waals surface area contributed by atoms with E-state index in [1.807, 2.05) is 36.4 Å². The van der Waals surface area contributed by atoms with E-state index >= 15 is 0 Å². The fourth-order valence-corrected chi connectivity index (χ4v) is 3.34. The van der Waals surface area contributed by atoms with E-state index in [1.165, 1.54) is 6.92 Å². The Bertz CT molecular complexity index is 1040. The van der Waals surface area contributed by atoms with Gasteiger partial charge in [0.2, 0.25) is 11.8 Å². The predicted molar refractivity (Wildman–Crippen MR) is 120 cm³/mol. The molecule has 0 aliphatic carbocycles. The summed E-state index contributed by atoms with van der Waals surface area (Å²) in [5, 5.41) is 15.8. The maximum absolute atomic E-state index is 12.6. The number of benzene rings is 2. The zero-order valence-corrected chi connectivity index (χ0v) is 18.8. The monoisotopic (exact) mass is 456 g/mol. The number of aliphatic carboxylic acids is 1. The van der Waals surface area contributed by atoms with Gasteiger partial charge in [-0.15, -0.1) is 0 Å². The number of carbonyl (C=O) groups excluding carboxylic acids is 4. The van der Waals surface area contributed by atoms with Crippen LogP contribution in [-0.2, 0) is 35.1 Å². The molecule has 9 nitrogen and oxygen atoms in total. The minimum absolute atomic E-state index is 0.0669. The summed E-state index contributed by atoms with van der Waals surface area (Å²) in [4.78, 5) is 60.0. The summed E-state index contributed by atoms with van der Waals surface area (Å²) in [5.74, 6) is -4.15. The van der Waals surface area contributed by atoms with Crippen molar-refractivity contribution in [2.45, 2.75) is 45.7 Å². The van der Waals surface area contributed by atoms with Crippen molar-refractivity contribution in [1.82, 2.24) is 10.6 Å². The lowest BCUT2D eigenvalue weighted by Crippen LogP contribution is -2.54. The van der Waals surface area contributed by atoms with Crippen LogP contribution in [0.3, 0.4) is 0 Å². The van der Waals surface area contributed by atoms with Crippen LogP contribution in [0, 0.1) is 5.92 Å². The first-order valence-electron chi connectivity index (χ1n) is 10.5. The van der Waals surface area contributed by atoms with Crippen molar-refractivity contribution < 1.29 is 33.8 Å². The van der Waals surface area contributed by atoms with Crippen molar-refractivity contribution in [1.29, 1.82) is 0 Å². The molecule has 0 saturated heterocycles. The molecule has 0 spiro atoms. The standard InChI is InChI=1S/C24H28N2O7/c1-14(2)23(25-15(3)27)24(32)26-19(12-21(29)30)20(28)13-33-22(31)11-17-9-6-8-16-7-4-5-10-18(16)17/h4-10,14,19,23H,11-13H2,1-3H3,(H,25,27)(H,26,32)(H,29,30). The fraction of sp³-hybridized carbons (Fsp3) is 0.375. The van der Waals surface area contributed by atoms with E-state index in [0.717, 1.165) is 16.3 Å². The first-order chi connectivity index (χ1) is 15.6. The minimum Gasteiger partial charge on any atom is -0.481 e. The quantitative estimate of drug-likeness (QED) is 0.437. The maximum Gasteiger partial charge on any atom is 0.310 e. The number of ketones is 1. The number of fused-ring (bicyclic) bond motifs is 1. The molecule has 2 unspecified atom stereocenters. The number of nitrogens with one attached hydrogen (secondary N) is 2. The fourth-order valence-electron chi connectivity index (χ4n) is 3.34. The second kappa shape index (κ2) is 11.8. The molecule has 2 rings (SSSR count). The van der Waals surface area contributed by atoms with Crippen LogP contribution in [0.4, 0.5) is 0 Å². The number of hydrogen-bond acceptors (Lipinski definition) is 6. The number of carboxylic acid groups (broad SMARTS) is 1. The Hall–Kier alpha value is -3.75. The molecular weight excluding hydrogens is 428 g/mol. The van der Waals surface area contributed by atoms with E-state index in [-0.39, 0.29) is 12.3 Å². The highest BCUT2D eigenvalue weighted by atomic mass is 16.5. The molecule has 0 radical (unpaired) electrons. The number of carboxylic acids is 1. The second-order valence-electron chi connectivity index (χ2n) is 8.02. The molecule has 176 valence electrons. The summed E-state index contributed by atoms with van der Waals surface area (Å²) >= 11 is 0. The molecule has 9 heteroatoms. The molecule has 0 aliphatic heterocycles. The molecule has 0 heterocycles. The SMILES string of the molecule is CC(=O)NC(C(=O)NC(CC(=O)O)C(=O)COC(=O)Cc1cccc2ccccc12)C(C)C. The first-order valence-corrected chi connectivity index (χ1v) is 10.5. The smallest absolute Gasteiger partial charge is 0.310 e. The molecule has 2 amide bonds. The molecule has 0 fully saturated rings. The van der Waals surface area contributed by atoms with Gasteiger partial charge in [0, 0.05) is 6.92 Å². The molecule has 33 heavy (non-hydrogen) atoms. The van der Waals surface area contributed by atoms with Gasteiger partial charge in [-0.05, 0) is 22.3 Å². The van der Waals surface area contributed by atoms with E-state index in [0.29, 0.717) is 0 Å². The van der Waals surface area contributed by atoms with Gasteiger partial charge in [0.25, 0.3) is 0 Å². The molecule has 2 aromatic carbocycles. The van der Waals surface area contributed by atoms with Gasteiger partial charge in [-0.25, -0.2) is 0 Å². The largest absolute Gasteiger partial charge is 0.481 e. The Morgan fingerprint density at radius 3 is 2.27 bits per heavy atom. The molecule has 0 saturated carbocycles. The van der Waals surface area contributed by atoms with Crippen molar-refractivity contribution in [2.75, 3.05) is 6.61 Å². The summed E-state index contributed by atoms with van der Waals surface area (Å²) in [6.07, 6.45) is -0.751. The van der Waals surface area contributed by atoms with Gasteiger partial charge in [-0.3, -0.25) is 24.0 Å². The van der Waals surface area contributed by atoms with Crippen LogP contribution < -0.4 is 10.6 Å². The van der Waals surface area contributed by atoms with Crippen LogP contribution >= 0.6 is 0 Å². The van der Waals surface area contributed by atoms with E-state index in [2.05, 4.69) is 10.6 Å². The Labute approximate surface area is 191 Å². The van der Waals surface area contributed by atoms with Crippen LogP contribution in [0.15, 0.2) is 42.5 Å². The lowest BCUT2D eigenvalue weighted by Gasteiger charge is -2.24. The Balaban J connectivity index is 2.02. The minimum atomic E-state index is -1.41. The number of rotatable bonds is 11. The normalized spacial score (nSPS) is 12.6. The Kier molecular flexibility index (Phi) is 9.08. The van der Waals surface area contributed by atoms with Crippen LogP contribution in [0.5, 0.6) is 0 Å². The van der Waals surface area contributed by atoms with E-state index in [1.54, 1.807) is 19.9 Å². The van der Waals surface area contributed by atoms with Crippen LogP contribution in [0.1, 0.15) is 32.8 Å². The average Bonchev–Trinajstić information content (AvgIpc) is 2.75. The molecular formula is C24H28N2O7. The van der Waals surface area contributed by atoms with Crippen molar-refractivity contribution in [3.05, 3.63) is 48.0 Å². The first kappa shape index (κ1) is 25.5. The molecule has 0 aliphatic rings. The topological polar surface area (TPSA) is 139 Å². The third kappa shape index (κ3) is 7.71. The Morgan fingerprint density at radius 1 is 0.970 bits per heavy atom. The van der Waals surface area contributed by atoms with Gasteiger partial charge < -0.3 is 20.5 Å². The van der Waals surface area contributed by atoms with Gasteiger partial charge in [0.1, 0.15) is 12.1 Å². The summed E-state index contributed by atoms with van der Waals surface area (Å²) in [6, 6.07) is 10.7. The van der Waals surface area contributed by atoms with Crippen molar-refractivity contribution in [3.63, 3.8) is 0 Å². The Morgan fingerprint density at radius 2 is 1.64 bits per heavy atom. The second-order valence-corrected chi connectivity index (χ2v) is 8.02. The summed E-state index contributed by atoms with van der Waals surface area (Å²) in [6.45, 7) is 3.96. The van der Waals surface area contributed by atoms with Gasteiger partial charge in [-0.1, -0.05) is 56.3 Å². The lowest BCUT2D eigenvalue weighted by atomic mass is 10.0. The van der Waals surface area contributed by atoms with Gasteiger partial charge in [0.15, 0.2) is 12.4 Å². The van der Waals surface area contributed by atoms with Crippen molar-refractivity contribution in [2.24, 2.45) is 5.92 Å². The zero-order valence-electron chi connectivity index (χ0n) is 18.8. The molecule has 0 aromatic heterocycles. The van der Waals surface area contributed by atoms with Gasteiger partial charge in [-0.2, -0.15) is 0 Å². The third-order valence-corrected chi connectivity index (χ3v) is 4.98. The van der Waals surface area contributed by atoms with Crippen LogP contribution in [-0.4, -0.2) is 53.3 Å². The molecule has 2 atom stereocenters. The number of esters is 1. The van der Waals surface area contributed by atoms with Crippen LogP contribution in [0.2, 0.25) is 0 Å². The highest BCUT2D eigenvalue weighted by molar-refractivity contribution is 5.96. The van der Waals surface area contributed by atoms with E-state index in [4.69, 9.17) is 9.84 Å². The molecule has 0 bridgehead atoms. The van der Waals surface area contributed by atoms with E-state index in [9.17, 15) is 24.0 Å². The number of ether oxygens (including phenoxy) is 1. The highest BCUT2D eigenvalue weighted by Gasteiger charge is 2.30. The third-order valence-electron chi connectivity index (χ3n) is 4.98. The highest BCUT2D eigenvalue weighted by Crippen LogP contribution is 2.19. The number of carbonyl (C=O) groups is 5. The number of hydrogen-bond donors (Lipinski definition) is 3. The lowest BCUT2D eigenvalue weighted by molar-refractivity contribution is -0.148. The maximum atomic E-state index is 12.6. The van der Waals surface area contributed by atoms with E-state index < -0.39 is 54.6 Å². The number of amides is 2. The predicted octanol–water partition coefficient (Wildman–Crippen LogP) is 1.61. The summed E-state index contributed by atoms with van der Waals surface area (Å²) in [5.41, 5.74) is 0.732. The van der Waals surface area contributed by atoms with Gasteiger partial charge >= 0.3 is 11.9 Å². The molecule has 3 N–H and O–H groups in total. The summed E-state index contributed by atoms with van der Waals surface area (Å²) in [7, 11) is 0. The van der Waals surface area contributed by atoms with Crippen molar-refractivity contribution in [3.8, 4) is 0 Å². The van der Waals surface area contributed by atoms with Crippen LogP contribution in [0.25, 0.3) is 10.8 Å². The van der Waals surface area contributed by atoms with Crippen molar-refractivity contribution >= 4 is 40.3 Å².